The van der Waals surface area contributed by atoms with Gasteiger partial charge in [0, 0.05) is 33.7 Å². The van der Waals surface area contributed by atoms with Crippen LogP contribution in [0.15, 0.2) is 206 Å². The Morgan fingerprint density at radius 1 is 0.397 bits per heavy atom. The molecule has 63 heavy (non-hydrogen) atoms. The van der Waals surface area contributed by atoms with Gasteiger partial charge in [-0.3, -0.25) is 0 Å². The molecule has 0 fully saturated rings. The molecule has 0 radical (unpaired) electrons. The molecule has 0 atom stereocenters. The molecular weight excluding hydrogens is 765 g/mol. The van der Waals surface area contributed by atoms with Gasteiger partial charge in [0.15, 0.2) is 0 Å². The Morgan fingerprint density at radius 3 is 1.35 bits per heavy atom. The van der Waals surface area contributed by atoms with Crippen molar-refractivity contribution >= 4 is 39.2 Å². The number of aromatic hydroxyl groups is 1. The first-order chi connectivity index (χ1) is 30.4. The van der Waals surface area contributed by atoms with Crippen LogP contribution in [0.5, 0.6) is 5.75 Å². The number of fused-ring (bicyclic) bond motifs is 1. The molecule has 0 bridgehead atoms. The average molecular weight is 819 g/mol. The first kappa shape index (κ1) is 41.0. The van der Waals surface area contributed by atoms with Crippen LogP contribution in [-0.4, -0.2) is 5.11 Å². The smallest absolute Gasteiger partial charge is 0.116 e. The average Bonchev–Trinajstić information content (AvgIpc) is 3.30. The van der Waals surface area contributed by atoms with E-state index in [0.717, 1.165) is 55.9 Å². The second-order valence-corrected chi connectivity index (χ2v) is 18.6. The zero-order valence-electron chi connectivity index (χ0n) is 37.0. The quantitative estimate of drug-likeness (QED) is 0.142. The van der Waals surface area contributed by atoms with Crippen LogP contribution in [0.1, 0.15) is 52.7 Å². The van der Waals surface area contributed by atoms with Crippen LogP contribution in [0.4, 0.5) is 28.4 Å². The molecular formula is C60H54N2O. The number of phenolic OH excluding ortho intramolecular Hbond substituents is 1. The molecule has 0 heterocycles. The van der Waals surface area contributed by atoms with Crippen LogP contribution in [0.3, 0.4) is 0 Å². The molecule has 9 rings (SSSR count). The number of hydrogen-bond acceptors (Lipinski definition) is 3. The third-order valence-corrected chi connectivity index (χ3v) is 12.1. The highest BCUT2D eigenvalue weighted by atomic mass is 16.3. The maximum absolute atomic E-state index is 11.0. The van der Waals surface area contributed by atoms with Gasteiger partial charge < -0.3 is 15.3 Å². The summed E-state index contributed by atoms with van der Waals surface area (Å²) in [5, 5.41) is 16.9. The molecule has 0 aliphatic rings. The summed E-state index contributed by atoms with van der Waals surface area (Å²) in [4.78, 5) is 2.36. The first-order valence-electron chi connectivity index (χ1n) is 21.9. The van der Waals surface area contributed by atoms with E-state index in [-0.39, 0.29) is 16.6 Å². The minimum Gasteiger partial charge on any atom is -0.508 e. The highest BCUT2D eigenvalue weighted by molar-refractivity contribution is 6.03. The van der Waals surface area contributed by atoms with Gasteiger partial charge in [-0.05, 0) is 133 Å². The van der Waals surface area contributed by atoms with Gasteiger partial charge in [0.05, 0.1) is 5.69 Å². The van der Waals surface area contributed by atoms with Crippen molar-refractivity contribution in [1.82, 2.24) is 0 Å². The third-order valence-electron chi connectivity index (χ3n) is 12.1. The lowest BCUT2D eigenvalue weighted by atomic mass is 9.86. The Morgan fingerprint density at radius 2 is 0.841 bits per heavy atom. The molecule has 0 aliphatic heterocycles. The van der Waals surface area contributed by atoms with Crippen molar-refractivity contribution in [2.24, 2.45) is 0 Å². The Hall–Kier alpha value is -7.36. The van der Waals surface area contributed by atoms with Gasteiger partial charge in [0.25, 0.3) is 0 Å². The number of benzene rings is 9. The van der Waals surface area contributed by atoms with Gasteiger partial charge >= 0.3 is 0 Å². The fraction of sp³-hybridized carbons (Fsp3) is 0.133. The van der Waals surface area contributed by atoms with Crippen LogP contribution in [0.25, 0.3) is 55.3 Å². The van der Waals surface area contributed by atoms with Crippen molar-refractivity contribution in [3.8, 4) is 50.3 Å². The molecule has 3 nitrogen and oxygen atoms in total. The topological polar surface area (TPSA) is 35.5 Å². The van der Waals surface area contributed by atoms with E-state index >= 15 is 0 Å². The van der Waals surface area contributed by atoms with Crippen molar-refractivity contribution in [3.63, 3.8) is 0 Å². The minimum absolute atomic E-state index is 0.0923. The standard InChI is InChI=1S/C60H54N2O/c1-59(2,3)49-26-16-42(17-27-49)45-22-32-52(33-23-45)62(53-34-24-46(25-35-53)43-18-28-50(29-19-43)60(4,5)6)58-39-48(38-47-14-10-11-15-55(47)58)56-40-54(63)36-37-57(56)61-51-30-20-44(21-31-51)41-12-8-7-9-13-41/h7-40,61,63H,1-6H3. The van der Waals surface area contributed by atoms with E-state index in [9.17, 15) is 5.11 Å². The highest BCUT2D eigenvalue weighted by Crippen LogP contribution is 2.44. The summed E-state index contributed by atoms with van der Waals surface area (Å²) in [5.74, 6) is 0.207. The molecule has 0 unspecified atom stereocenters. The second kappa shape index (κ2) is 16.8. The normalized spacial score (nSPS) is 11.7. The van der Waals surface area contributed by atoms with Crippen LogP contribution in [0, 0.1) is 0 Å². The van der Waals surface area contributed by atoms with Crippen LogP contribution in [-0.2, 0) is 10.8 Å². The third kappa shape index (κ3) is 8.87. The van der Waals surface area contributed by atoms with Gasteiger partial charge in [-0.15, -0.1) is 0 Å². The first-order valence-corrected chi connectivity index (χ1v) is 21.9. The number of nitrogens with one attached hydrogen (secondary N) is 1. The summed E-state index contributed by atoms with van der Waals surface area (Å²) in [6.45, 7) is 13.5. The number of hydrogen-bond donors (Lipinski definition) is 2. The summed E-state index contributed by atoms with van der Waals surface area (Å²) in [6.07, 6.45) is 0. The van der Waals surface area contributed by atoms with Crippen LogP contribution < -0.4 is 10.2 Å². The molecule has 0 spiro atoms. The summed E-state index contributed by atoms with van der Waals surface area (Å²) >= 11 is 0. The van der Waals surface area contributed by atoms with E-state index < -0.39 is 0 Å². The fourth-order valence-corrected chi connectivity index (χ4v) is 8.40. The maximum Gasteiger partial charge on any atom is 0.116 e. The predicted octanol–water partition coefficient (Wildman–Crippen LogP) is 17.0. The van der Waals surface area contributed by atoms with Crippen LogP contribution in [0.2, 0.25) is 0 Å². The van der Waals surface area contributed by atoms with Crippen LogP contribution >= 0.6 is 0 Å². The Balaban J connectivity index is 1.15. The summed E-state index contributed by atoms with van der Waals surface area (Å²) in [5.41, 5.74) is 16.7. The molecule has 310 valence electrons. The van der Waals surface area contributed by atoms with E-state index in [4.69, 9.17) is 0 Å². The summed E-state index contributed by atoms with van der Waals surface area (Å²) in [7, 11) is 0. The molecule has 9 aromatic carbocycles. The molecule has 0 aromatic heterocycles. The monoisotopic (exact) mass is 818 g/mol. The highest BCUT2D eigenvalue weighted by Gasteiger charge is 2.20. The van der Waals surface area contributed by atoms with Crippen molar-refractivity contribution in [1.29, 1.82) is 0 Å². The number of nitrogens with zero attached hydrogens (tertiary/aromatic N) is 1. The van der Waals surface area contributed by atoms with Crippen molar-refractivity contribution in [2.45, 2.75) is 52.4 Å². The molecule has 0 saturated heterocycles. The Labute approximate surface area is 373 Å². The van der Waals surface area contributed by atoms with Gasteiger partial charge in [0.1, 0.15) is 5.75 Å². The zero-order valence-corrected chi connectivity index (χ0v) is 37.0. The fourth-order valence-electron chi connectivity index (χ4n) is 8.40. The Bertz CT molecular complexity index is 2890. The molecule has 0 amide bonds. The van der Waals surface area contributed by atoms with E-state index in [0.29, 0.717) is 0 Å². The number of anilines is 5. The van der Waals surface area contributed by atoms with E-state index in [2.05, 4.69) is 234 Å². The number of phenols is 1. The molecule has 9 aromatic rings. The van der Waals surface area contributed by atoms with E-state index in [1.54, 1.807) is 6.07 Å². The van der Waals surface area contributed by atoms with Crippen molar-refractivity contribution in [3.05, 3.63) is 217 Å². The lowest BCUT2D eigenvalue weighted by Gasteiger charge is -2.28. The molecule has 2 N–H and O–H groups in total. The van der Waals surface area contributed by atoms with E-state index in [1.165, 1.54) is 38.9 Å². The predicted molar refractivity (Wildman–Crippen MR) is 269 cm³/mol. The van der Waals surface area contributed by atoms with Crippen molar-refractivity contribution < 1.29 is 5.11 Å². The lowest BCUT2D eigenvalue weighted by Crippen LogP contribution is -2.11. The van der Waals surface area contributed by atoms with E-state index in [1.807, 2.05) is 18.2 Å². The molecule has 3 heteroatoms. The Kier molecular flexibility index (Phi) is 11.0. The summed E-state index contributed by atoms with van der Waals surface area (Å²) in [6, 6.07) is 73.3. The molecule has 0 aliphatic carbocycles. The largest absolute Gasteiger partial charge is 0.508 e. The zero-order chi connectivity index (χ0) is 43.7. The van der Waals surface area contributed by atoms with Gasteiger partial charge in [-0.25, -0.2) is 0 Å². The van der Waals surface area contributed by atoms with Gasteiger partial charge in [-0.1, -0.05) is 181 Å². The maximum atomic E-state index is 11.0. The number of rotatable bonds is 9. The SMILES string of the molecule is CC(C)(C)c1ccc(-c2ccc(N(c3ccc(-c4ccc(C(C)(C)C)cc4)cc3)c3cc(-c4cc(O)ccc4Nc4ccc(-c5ccccc5)cc4)cc4ccccc34)cc2)cc1. The second-order valence-electron chi connectivity index (χ2n) is 18.6. The lowest BCUT2D eigenvalue weighted by molar-refractivity contribution is 0.475. The molecule has 0 saturated carbocycles. The minimum atomic E-state index is 0.0923. The van der Waals surface area contributed by atoms with Gasteiger partial charge in [-0.2, -0.15) is 0 Å². The van der Waals surface area contributed by atoms with Crippen molar-refractivity contribution in [2.75, 3.05) is 10.2 Å². The van der Waals surface area contributed by atoms with Gasteiger partial charge in [0.2, 0.25) is 0 Å². The summed E-state index contributed by atoms with van der Waals surface area (Å²) < 4.78 is 0.